The van der Waals surface area contributed by atoms with Crippen molar-refractivity contribution >= 4 is 42.4 Å². The van der Waals surface area contributed by atoms with Crippen LogP contribution < -0.4 is 10.6 Å². The van der Waals surface area contributed by atoms with Gasteiger partial charge in [0.05, 0.1) is 5.92 Å². The van der Waals surface area contributed by atoms with Gasteiger partial charge in [0.15, 0.2) is 0 Å². The van der Waals surface area contributed by atoms with Crippen molar-refractivity contribution in [1.82, 2.24) is 15.2 Å². The number of hydrogen-bond donors (Lipinski definition) is 2. The zero-order chi connectivity index (χ0) is 18.4. The molecular formula is C20H32Cl2N4O2. The molecule has 28 heavy (non-hydrogen) atoms. The van der Waals surface area contributed by atoms with E-state index in [1.807, 2.05) is 24.0 Å². The highest BCUT2D eigenvalue weighted by Gasteiger charge is 2.28. The van der Waals surface area contributed by atoms with Crippen molar-refractivity contribution in [3.8, 4) is 0 Å². The maximum absolute atomic E-state index is 12.6. The van der Waals surface area contributed by atoms with E-state index in [0.717, 1.165) is 44.5 Å². The largest absolute Gasteiger partial charge is 0.342 e. The van der Waals surface area contributed by atoms with Crippen molar-refractivity contribution in [2.24, 2.45) is 11.8 Å². The summed E-state index contributed by atoms with van der Waals surface area (Å²) in [6.07, 6.45) is 7.38. The van der Waals surface area contributed by atoms with E-state index in [1.54, 1.807) is 6.20 Å². The summed E-state index contributed by atoms with van der Waals surface area (Å²) < 4.78 is 0. The molecule has 1 aromatic rings. The number of hydrogen-bond acceptors (Lipinski definition) is 4. The summed E-state index contributed by atoms with van der Waals surface area (Å²) in [6, 6.07) is 3.75. The van der Waals surface area contributed by atoms with Crippen LogP contribution in [0.2, 0.25) is 0 Å². The van der Waals surface area contributed by atoms with E-state index < -0.39 is 0 Å². The number of nitrogens with zero attached hydrogens (tertiary/aromatic N) is 2. The van der Waals surface area contributed by atoms with Crippen LogP contribution in [0.25, 0.3) is 0 Å². The van der Waals surface area contributed by atoms with Gasteiger partial charge in [-0.3, -0.25) is 9.59 Å². The number of rotatable bonds is 5. The molecular weight excluding hydrogens is 399 g/mol. The van der Waals surface area contributed by atoms with Crippen LogP contribution in [0.1, 0.15) is 44.1 Å². The van der Waals surface area contributed by atoms with Crippen molar-refractivity contribution in [2.45, 2.75) is 45.4 Å². The lowest BCUT2D eigenvalue weighted by molar-refractivity contribution is -0.134. The predicted octanol–water partition coefficient (Wildman–Crippen LogP) is 3.19. The van der Waals surface area contributed by atoms with Gasteiger partial charge in [-0.05, 0) is 69.7 Å². The third-order valence-corrected chi connectivity index (χ3v) is 5.53. The number of carbonyl (C=O) groups excluding carboxylic acids is 2. The van der Waals surface area contributed by atoms with Gasteiger partial charge in [-0.25, -0.2) is 4.98 Å². The Morgan fingerprint density at radius 3 is 2.64 bits per heavy atom. The van der Waals surface area contributed by atoms with E-state index in [4.69, 9.17) is 0 Å². The van der Waals surface area contributed by atoms with E-state index in [2.05, 4.69) is 15.6 Å². The van der Waals surface area contributed by atoms with Gasteiger partial charge in [0, 0.05) is 25.7 Å². The van der Waals surface area contributed by atoms with Gasteiger partial charge >= 0.3 is 0 Å². The molecule has 0 radical (unpaired) electrons. The Hall–Kier alpha value is -1.37. The van der Waals surface area contributed by atoms with Crippen LogP contribution in [0.15, 0.2) is 18.3 Å². The summed E-state index contributed by atoms with van der Waals surface area (Å²) in [5.74, 6) is 1.27. The van der Waals surface area contributed by atoms with Gasteiger partial charge < -0.3 is 15.5 Å². The molecule has 1 atom stereocenters. The van der Waals surface area contributed by atoms with Gasteiger partial charge in [0.1, 0.15) is 5.82 Å². The molecule has 0 aromatic carbocycles. The second-order valence-corrected chi connectivity index (χ2v) is 7.62. The topological polar surface area (TPSA) is 74.3 Å². The summed E-state index contributed by atoms with van der Waals surface area (Å²) in [5.41, 5.74) is 1.06. The minimum atomic E-state index is -0.144. The van der Waals surface area contributed by atoms with E-state index in [1.165, 1.54) is 12.8 Å². The Balaban J connectivity index is 0.00000196. The van der Waals surface area contributed by atoms with Gasteiger partial charge in [0.25, 0.3) is 0 Å². The smallest absolute Gasteiger partial charge is 0.230 e. The van der Waals surface area contributed by atoms with Crippen LogP contribution in [0.3, 0.4) is 0 Å². The Morgan fingerprint density at radius 1 is 1.21 bits per heavy atom. The molecule has 6 nitrogen and oxygen atoms in total. The van der Waals surface area contributed by atoms with E-state index >= 15 is 0 Å². The van der Waals surface area contributed by atoms with E-state index in [-0.39, 0.29) is 42.5 Å². The fourth-order valence-electron chi connectivity index (χ4n) is 3.84. The molecule has 2 N–H and O–H groups in total. The van der Waals surface area contributed by atoms with Crippen LogP contribution in [0, 0.1) is 18.8 Å². The second kappa shape index (κ2) is 12.2. The Bertz CT molecular complexity index is 621. The van der Waals surface area contributed by atoms with Gasteiger partial charge in [0.2, 0.25) is 11.8 Å². The standard InChI is InChI=1S/C20H30N4O2.2ClH/c1-15-4-6-18(22-13-15)23-20(26)17-3-2-12-24(14-17)19(25)7-5-16-8-10-21-11-9-16;;/h4,6,13,16-17,21H,2-3,5,7-12,14H2,1H3,(H,22,23,26);2*1H. The van der Waals surface area contributed by atoms with Gasteiger partial charge in [-0.2, -0.15) is 0 Å². The number of carbonyl (C=O) groups is 2. The Labute approximate surface area is 180 Å². The molecule has 1 unspecified atom stereocenters. The van der Waals surface area contributed by atoms with E-state index in [0.29, 0.717) is 24.7 Å². The van der Waals surface area contributed by atoms with Crippen LogP contribution in [0.4, 0.5) is 5.82 Å². The molecule has 2 fully saturated rings. The summed E-state index contributed by atoms with van der Waals surface area (Å²) >= 11 is 0. The maximum Gasteiger partial charge on any atom is 0.230 e. The zero-order valence-electron chi connectivity index (χ0n) is 16.5. The molecule has 1 aromatic heterocycles. The highest BCUT2D eigenvalue weighted by molar-refractivity contribution is 5.92. The first-order valence-electron chi connectivity index (χ1n) is 9.84. The zero-order valence-corrected chi connectivity index (χ0v) is 18.1. The molecule has 2 aliphatic heterocycles. The van der Waals surface area contributed by atoms with Crippen molar-refractivity contribution in [2.75, 3.05) is 31.5 Å². The summed E-state index contributed by atoms with van der Waals surface area (Å²) in [4.78, 5) is 31.2. The normalized spacial score (nSPS) is 19.9. The highest BCUT2D eigenvalue weighted by atomic mass is 35.5. The van der Waals surface area contributed by atoms with Crippen LogP contribution in [-0.2, 0) is 9.59 Å². The summed E-state index contributed by atoms with van der Waals surface area (Å²) in [5, 5.41) is 6.25. The van der Waals surface area contributed by atoms with Crippen molar-refractivity contribution in [3.63, 3.8) is 0 Å². The molecule has 3 heterocycles. The van der Waals surface area contributed by atoms with Gasteiger partial charge in [-0.15, -0.1) is 24.8 Å². The fourth-order valence-corrected chi connectivity index (χ4v) is 3.84. The molecule has 8 heteroatoms. The molecule has 158 valence electrons. The quantitative estimate of drug-likeness (QED) is 0.751. The third-order valence-electron chi connectivity index (χ3n) is 5.53. The number of likely N-dealkylation sites (tertiary alicyclic amines) is 1. The van der Waals surface area contributed by atoms with Crippen molar-refractivity contribution in [3.05, 3.63) is 23.9 Å². The molecule has 0 saturated carbocycles. The lowest BCUT2D eigenvalue weighted by Gasteiger charge is -2.32. The Kier molecular flexibility index (Phi) is 10.8. The number of aromatic nitrogens is 1. The number of piperidine rings is 2. The maximum atomic E-state index is 12.6. The van der Waals surface area contributed by atoms with Crippen molar-refractivity contribution in [1.29, 1.82) is 0 Å². The second-order valence-electron chi connectivity index (χ2n) is 7.62. The summed E-state index contributed by atoms with van der Waals surface area (Å²) in [7, 11) is 0. The fraction of sp³-hybridized carbons (Fsp3) is 0.650. The number of amides is 2. The molecule has 3 rings (SSSR count). The first-order chi connectivity index (χ1) is 12.6. The monoisotopic (exact) mass is 430 g/mol. The molecule has 2 amide bonds. The molecule has 2 saturated heterocycles. The number of anilines is 1. The Morgan fingerprint density at radius 2 is 1.96 bits per heavy atom. The SMILES string of the molecule is Cc1ccc(NC(=O)C2CCCN(C(=O)CCC3CCNCC3)C2)nc1.Cl.Cl. The molecule has 0 bridgehead atoms. The minimum Gasteiger partial charge on any atom is -0.342 e. The number of pyridine rings is 1. The minimum absolute atomic E-state index is 0. The predicted molar refractivity (Wildman–Crippen MR) is 116 cm³/mol. The van der Waals surface area contributed by atoms with Crippen molar-refractivity contribution < 1.29 is 9.59 Å². The number of nitrogens with one attached hydrogen (secondary N) is 2. The number of halogens is 2. The van der Waals surface area contributed by atoms with Crippen LogP contribution in [0.5, 0.6) is 0 Å². The average molecular weight is 431 g/mol. The number of aryl methyl sites for hydroxylation is 1. The van der Waals surface area contributed by atoms with E-state index in [9.17, 15) is 9.59 Å². The molecule has 0 spiro atoms. The lowest BCUT2D eigenvalue weighted by Crippen LogP contribution is -2.44. The first-order valence-corrected chi connectivity index (χ1v) is 9.84. The summed E-state index contributed by atoms with van der Waals surface area (Å²) in [6.45, 7) is 5.41. The highest BCUT2D eigenvalue weighted by Crippen LogP contribution is 2.22. The average Bonchev–Trinajstić information content (AvgIpc) is 2.69. The third kappa shape index (κ3) is 7.22. The first kappa shape index (κ1) is 24.7. The molecule has 0 aliphatic carbocycles. The van der Waals surface area contributed by atoms with Crippen LogP contribution in [-0.4, -0.2) is 47.9 Å². The van der Waals surface area contributed by atoms with Gasteiger partial charge in [-0.1, -0.05) is 6.07 Å². The lowest BCUT2D eigenvalue weighted by atomic mass is 9.92. The molecule has 2 aliphatic rings. The van der Waals surface area contributed by atoms with Crippen LogP contribution >= 0.6 is 24.8 Å².